The van der Waals surface area contributed by atoms with Crippen LogP contribution in [0.3, 0.4) is 0 Å². The lowest BCUT2D eigenvalue weighted by Crippen LogP contribution is -2.15. The SMILES string of the molecule is COc1ccccc1-c1csc(NC(=O)Cc2c(C)n[nH]c2C)n1. The first-order valence-electron chi connectivity index (χ1n) is 7.47. The van der Waals surface area contributed by atoms with E-state index in [2.05, 4.69) is 20.5 Å². The van der Waals surface area contributed by atoms with Crippen LogP contribution in [0.1, 0.15) is 17.0 Å². The van der Waals surface area contributed by atoms with Crippen LogP contribution in [0.5, 0.6) is 5.75 Å². The zero-order chi connectivity index (χ0) is 17.1. The molecule has 0 fully saturated rings. The maximum atomic E-state index is 12.2. The van der Waals surface area contributed by atoms with Crippen molar-refractivity contribution in [1.29, 1.82) is 0 Å². The van der Waals surface area contributed by atoms with Crippen molar-refractivity contribution in [2.75, 3.05) is 12.4 Å². The van der Waals surface area contributed by atoms with E-state index in [0.29, 0.717) is 5.13 Å². The Balaban J connectivity index is 1.73. The van der Waals surface area contributed by atoms with Gasteiger partial charge < -0.3 is 10.1 Å². The van der Waals surface area contributed by atoms with E-state index in [0.717, 1.165) is 34.0 Å². The molecule has 124 valence electrons. The number of hydrogen-bond acceptors (Lipinski definition) is 5. The second-order valence-electron chi connectivity index (χ2n) is 5.38. The Morgan fingerprint density at radius 2 is 2.12 bits per heavy atom. The zero-order valence-electron chi connectivity index (χ0n) is 13.7. The van der Waals surface area contributed by atoms with Gasteiger partial charge in [0.1, 0.15) is 5.75 Å². The summed E-state index contributed by atoms with van der Waals surface area (Å²) in [5, 5.41) is 12.3. The first-order chi connectivity index (χ1) is 11.6. The van der Waals surface area contributed by atoms with Gasteiger partial charge in [-0.3, -0.25) is 9.89 Å². The number of methoxy groups -OCH3 is 1. The van der Waals surface area contributed by atoms with Gasteiger partial charge in [-0.05, 0) is 26.0 Å². The van der Waals surface area contributed by atoms with Crippen LogP contribution in [0.15, 0.2) is 29.6 Å². The predicted molar refractivity (Wildman–Crippen MR) is 94.5 cm³/mol. The van der Waals surface area contributed by atoms with Crippen LogP contribution in [0.4, 0.5) is 5.13 Å². The van der Waals surface area contributed by atoms with E-state index in [1.165, 1.54) is 11.3 Å². The van der Waals surface area contributed by atoms with Gasteiger partial charge in [0.05, 0.1) is 24.9 Å². The fraction of sp³-hybridized carbons (Fsp3) is 0.235. The number of aromatic nitrogens is 3. The van der Waals surface area contributed by atoms with Crippen molar-refractivity contribution < 1.29 is 9.53 Å². The number of hydrogen-bond donors (Lipinski definition) is 2. The first-order valence-corrected chi connectivity index (χ1v) is 8.35. The number of rotatable bonds is 5. The van der Waals surface area contributed by atoms with Crippen LogP contribution in [0.25, 0.3) is 11.3 Å². The molecule has 0 unspecified atom stereocenters. The number of nitrogens with one attached hydrogen (secondary N) is 2. The van der Waals surface area contributed by atoms with Gasteiger partial charge in [0.2, 0.25) is 5.91 Å². The van der Waals surface area contributed by atoms with Gasteiger partial charge in [0.25, 0.3) is 0 Å². The summed E-state index contributed by atoms with van der Waals surface area (Å²) in [4.78, 5) is 16.7. The lowest BCUT2D eigenvalue weighted by atomic mass is 10.1. The number of thiazole rings is 1. The number of aryl methyl sites for hydroxylation is 2. The van der Waals surface area contributed by atoms with Crippen molar-refractivity contribution in [3.63, 3.8) is 0 Å². The molecule has 3 rings (SSSR count). The number of nitrogens with zero attached hydrogens (tertiary/aromatic N) is 2. The molecule has 0 aliphatic carbocycles. The molecule has 0 aliphatic heterocycles. The van der Waals surface area contributed by atoms with Gasteiger partial charge in [0, 0.05) is 22.2 Å². The third-order valence-electron chi connectivity index (χ3n) is 3.75. The highest BCUT2D eigenvalue weighted by Gasteiger charge is 2.14. The fourth-order valence-corrected chi connectivity index (χ4v) is 3.20. The van der Waals surface area contributed by atoms with Gasteiger partial charge in [-0.25, -0.2) is 4.98 Å². The summed E-state index contributed by atoms with van der Waals surface area (Å²) in [6.45, 7) is 3.79. The number of para-hydroxylation sites is 1. The molecule has 1 amide bonds. The Kier molecular flexibility index (Phi) is 4.61. The molecule has 3 aromatic rings. The maximum Gasteiger partial charge on any atom is 0.230 e. The fourth-order valence-electron chi connectivity index (χ4n) is 2.47. The number of carbonyl (C=O) groups is 1. The van der Waals surface area contributed by atoms with Crippen molar-refractivity contribution in [2.24, 2.45) is 0 Å². The van der Waals surface area contributed by atoms with Gasteiger partial charge in [-0.15, -0.1) is 11.3 Å². The molecule has 0 bridgehead atoms. The van der Waals surface area contributed by atoms with Crippen molar-refractivity contribution >= 4 is 22.4 Å². The van der Waals surface area contributed by atoms with Crippen LogP contribution < -0.4 is 10.1 Å². The third kappa shape index (κ3) is 3.30. The lowest BCUT2D eigenvalue weighted by molar-refractivity contribution is -0.115. The molecular weight excluding hydrogens is 324 g/mol. The minimum Gasteiger partial charge on any atom is -0.496 e. The quantitative estimate of drug-likeness (QED) is 0.745. The number of amides is 1. The lowest BCUT2D eigenvalue weighted by Gasteiger charge is -2.05. The minimum atomic E-state index is -0.108. The Hall–Kier alpha value is -2.67. The summed E-state index contributed by atoms with van der Waals surface area (Å²) >= 11 is 1.39. The number of H-pyrrole nitrogens is 1. The summed E-state index contributed by atoms with van der Waals surface area (Å²) in [6, 6.07) is 7.67. The van der Waals surface area contributed by atoms with Crippen molar-refractivity contribution in [3.8, 4) is 17.0 Å². The van der Waals surface area contributed by atoms with Crippen LogP contribution in [-0.4, -0.2) is 28.2 Å². The molecule has 0 saturated carbocycles. The molecule has 7 heteroatoms. The largest absolute Gasteiger partial charge is 0.496 e. The van der Waals surface area contributed by atoms with E-state index in [1.807, 2.05) is 43.5 Å². The Morgan fingerprint density at radius 3 is 2.83 bits per heavy atom. The highest BCUT2D eigenvalue weighted by atomic mass is 32.1. The van der Waals surface area contributed by atoms with Crippen molar-refractivity contribution in [2.45, 2.75) is 20.3 Å². The molecule has 2 heterocycles. The Labute approximate surface area is 143 Å². The molecule has 0 saturated heterocycles. The average Bonchev–Trinajstić information content (AvgIpc) is 3.16. The monoisotopic (exact) mass is 342 g/mol. The summed E-state index contributed by atoms with van der Waals surface area (Å²) in [5.41, 5.74) is 4.36. The van der Waals surface area contributed by atoms with Gasteiger partial charge >= 0.3 is 0 Å². The number of ether oxygens (including phenoxy) is 1. The highest BCUT2D eigenvalue weighted by molar-refractivity contribution is 7.14. The average molecular weight is 342 g/mol. The molecule has 6 nitrogen and oxygen atoms in total. The molecule has 0 radical (unpaired) electrons. The smallest absolute Gasteiger partial charge is 0.230 e. The van der Waals surface area contributed by atoms with E-state index in [-0.39, 0.29) is 12.3 Å². The van der Waals surface area contributed by atoms with E-state index in [9.17, 15) is 4.79 Å². The van der Waals surface area contributed by atoms with Crippen LogP contribution in [0.2, 0.25) is 0 Å². The highest BCUT2D eigenvalue weighted by Crippen LogP contribution is 2.31. The molecule has 1 aromatic carbocycles. The van der Waals surface area contributed by atoms with E-state index < -0.39 is 0 Å². The first kappa shape index (κ1) is 16.2. The van der Waals surface area contributed by atoms with E-state index >= 15 is 0 Å². The molecule has 2 aromatic heterocycles. The predicted octanol–water partition coefficient (Wildman–Crippen LogP) is 3.34. The summed E-state index contributed by atoms with van der Waals surface area (Å²) in [6.07, 6.45) is 0.276. The maximum absolute atomic E-state index is 12.2. The van der Waals surface area contributed by atoms with Gasteiger partial charge in [-0.2, -0.15) is 5.10 Å². The van der Waals surface area contributed by atoms with Gasteiger partial charge in [-0.1, -0.05) is 12.1 Å². The van der Waals surface area contributed by atoms with Crippen LogP contribution >= 0.6 is 11.3 Å². The molecule has 2 N–H and O–H groups in total. The summed E-state index contributed by atoms with van der Waals surface area (Å²) in [7, 11) is 1.63. The number of anilines is 1. The normalized spacial score (nSPS) is 10.6. The topological polar surface area (TPSA) is 79.9 Å². The van der Waals surface area contributed by atoms with Crippen LogP contribution in [-0.2, 0) is 11.2 Å². The number of carbonyl (C=O) groups excluding carboxylic acids is 1. The standard InChI is InChI=1S/C17H18N4O2S/c1-10-13(11(2)21-20-10)8-16(22)19-17-18-14(9-24-17)12-6-4-5-7-15(12)23-3/h4-7,9H,8H2,1-3H3,(H,20,21)(H,18,19,22). The zero-order valence-corrected chi connectivity index (χ0v) is 14.5. The second-order valence-corrected chi connectivity index (χ2v) is 6.23. The van der Waals surface area contributed by atoms with Crippen molar-refractivity contribution in [1.82, 2.24) is 15.2 Å². The number of aromatic amines is 1. The van der Waals surface area contributed by atoms with Crippen molar-refractivity contribution in [3.05, 3.63) is 46.6 Å². The molecule has 0 atom stereocenters. The van der Waals surface area contributed by atoms with Gasteiger partial charge in [0.15, 0.2) is 5.13 Å². The molecular formula is C17H18N4O2S. The Morgan fingerprint density at radius 1 is 1.33 bits per heavy atom. The molecule has 0 spiro atoms. The molecule has 0 aliphatic rings. The van der Waals surface area contributed by atoms with Crippen LogP contribution in [0, 0.1) is 13.8 Å². The second kappa shape index (κ2) is 6.84. The summed E-state index contributed by atoms with van der Waals surface area (Å²) in [5.74, 6) is 0.647. The molecule has 24 heavy (non-hydrogen) atoms. The van der Waals surface area contributed by atoms with E-state index in [4.69, 9.17) is 4.74 Å². The van der Waals surface area contributed by atoms with E-state index in [1.54, 1.807) is 7.11 Å². The minimum absolute atomic E-state index is 0.108. The Bertz CT molecular complexity index is 850. The number of benzene rings is 1. The third-order valence-corrected chi connectivity index (χ3v) is 4.51. The summed E-state index contributed by atoms with van der Waals surface area (Å²) < 4.78 is 5.35.